The summed E-state index contributed by atoms with van der Waals surface area (Å²) in [5.41, 5.74) is 2.98. The lowest BCUT2D eigenvalue weighted by atomic mass is 10.1. The van der Waals surface area contributed by atoms with Crippen LogP contribution in [0.5, 0.6) is 0 Å². The maximum Gasteiger partial charge on any atom is 0.229 e. The Labute approximate surface area is 165 Å². The van der Waals surface area contributed by atoms with E-state index >= 15 is 0 Å². The molecule has 0 bridgehead atoms. The van der Waals surface area contributed by atoms with Gasteiger partial charge in [0.05, 0.1) is 18.3 Å². The molecule has 2 aromatic carbocycles. The largest absolute Gasteiger partial charge is 0.364 e. The topological polar surface area (TPSA) is 45.2 Å². The number of anilines is 2. The molecule has 144 valence electrons. The van der Waals surface area contributed by atoms with Crippen LogP contribution in [-0.4, -0.2) is 16.9 Å². The van der Waals surface area contributed by atoms with Gasteiger partial charge in [-0.3, -0.25) is 4.79 Å². The van der Waals surface area contributed by atoms with E-state index in [-0.39, 0.29) is 18.1 Å². The molecule has 0 saturated heterocycles. The first kappa shape index (κ1) is 19.5. The molecule has 1 N–H and O–H groups in total. The van der Waals surface area contributed by atoms with E-state index in [4.69, 9.17) is 0 Å². The number of rotatable bonds is 7. The van der Waals surface area contributed by atoms with E-state index in [2.05, 4.69) is 41.2 Å². The first-order valence-corrected chi connectivity index (χ1v) is 9.32. The van der Waals surface area contributed by atoms with Crippen LogP contribution >= 0.6 is 0 Å². The van der Waals surface area contributed by atoms with Crippen molar-refractivity contribution < 1.29 is 9.18 Å². The van der Waals surface area contributed by atoms with Gasteiger partial charge in [0.15, 0.2) is 0 Å². The van der Waals surface area contributed by atoms with Crippen LogP contribution in [0.25, 0.3) is 0 Å². The lowest BCUT2D eigenvalue weighted by Gasteiger charge is -2.29. The van der Waals surface area contributed by atoms with Crippen LogP contribution in [0.3, 0.4) is 0 Å². The average molecular weight is 377 g/mol. The van der Waals surface area contributed by atoms with Gasteiger partial charge in [0.2, 0.25) is 5.91 Å². The number of halogens is 1. The van der Waals surface area contributed by atoms with Crippen molar-refractivity contribution in [1.82, 2.24) is 4.98 Å². The van der Waals surface area contributed by atoms with Crippen LogP contribution in [0, 0.1) is 5.82 Å². The number of pyridine rings is 1. The Morgan fingerprint density at radius 3 is 2.32 bits per heavy atom. The number of benzene rings is 2. The second kappa shape index (κ2) is 9.13. The van der Waals surface area contributed by atoms with Gasteiger partial charge >= 0.3 is 0 Å². The molecule has 0 aliphatic carbocycles. The summed E-state index contributed by atoms with van der Waals surface area (Å²) >= 11 is 0. The maximum atomic E-state index is 13.0. The zero-order valence-electron chi connectivity index (χ0n) is 16.1. The normalized spacial score (nSPS) is 10.7. The third-order valence-electron chi connectivity index (χ3n) is 4.44. The molecule has 3 rings (SSSR count). The highest BCUT2D eigenvalue weighted by Gasteiger charge is 2.12. The number of carbonyl (C=O) groups excluding carboxylic acids is 1. The van der Waals surface area contributed by atoms with Crippen LogP contribution in [-0.2, 0) is 17.8 Å². The van der Waals surface area contributed by atoms with E-state index in [1.165, 1.54) is 17.7 Å². The summed E-state index contributed by atoms with van der Waals surface area (Å²) in [6.07, 6.45) is 1.95. The number of amides is 1. The Morgan fingerprint density at radius 1 is 1.00 bits per heavy atom. The van der Waals surface area contributed by atoms with Crippen molar-refractivity contribution in [2.45, 2.75) is 32.9 Å². The monoisotopic (exact) mass is 377 g/mol. The Kier molecular flexibility index (Phi) is 6.37. The van der Waals surface area contributed by atoms with Crippen molar-refractivity contribution in [2.24, 2.45) is 0 Å². The summed E-state index contributed by atoms with van der Waals surface area (Å²) in [6.45, 7) is 5.07. The molecule has 1 heterocycles. The molecular weight excluding hydrogens is 353 g/mol. The van der Waals surface area contributed by atoms with Gasteiger partial charge in [-0.1, -0.05) is 42.5 Å². The fourth-order valence-corrected chi connectivity index (χ4v) is 2.96. The predicted molar refractivity (Wildman–Crippen MR) is 111 cm³/mol. The van der Waals surface area contributed by atoms with Crippen molar-refractivity contribution in [3.05, 3.63) is 89.9 Å². The minimum Gasteiger partial charge on any atom is -0.364 e. The summed E-state index contributed by atoms with van der Waals surface area (Å²) in [6, 6.07) is 20.3. The van der Waals surface area contributed by atoms with E-state index < -0.39 is 0 Å². The smallest absolute Gasteiger partial charge is 0.229 e. The van der Waals surface area contributed by atoms with Crippen molar-refractivity contribution in [3.63, 3.8) is 0 Å². The summed E-state index contributed by atoms with van der Waals surface area (Å²) in [5.74, 6) is 0.00256. The van der Waals surface area contributed by atoms with Crippen molar-refractivity contribution >= 4 is 17.4 Å². The second-order valence-corrected chi connectivity index (χ2v) is 6.96. The molecule has 3 aromatic rings. The number of hydrogen-bond acceptors (Lipinski definition) is 3. The van der Waals surface area contributed by atoms with Crippen LogP contribution in [0.15, 0.2) is 72.9 Å². The maximum absolute atomic E-state index is 13.0. The Hall–Kier alpha value is -3.21. The van der Waals surface area contributed by atoms with Crippen LogP contribution in [0.2, 0.25) is 0 Å². The number of hydrogen-bond donors (Lipinski definition) is 1. The van der Waals surface area contributed by atoms with Crippen LogP contribution in [0.4, 0.5) is 15.9 Å². The van der Waals surface area contributed by atoms with E-state index in [0.29, 0.717) is 11.9 Å². The molecule has 0 aliphatic heterocycles. The molecule has 0 spiro atoms. The second-order valence-electron chi connectivity index (χ2n) is 6.96. The van der Waals surface area contributed by atoms with Gasteiger partial charge in [-0.25, -0.2) is 9.37 Å². The summed E-state index contributed by atoms with van der Waals surface area (Å²) in [4.78, 5) is 18.8. The Morgan fingerprint density at radius 2 is 1.71 bits per heavy atom. The highest BCUT2D eigenvalue weighted by atomic mass is 19.1. The number of nitrogens with one attached hydrogen (secondary N) is 1. The zero-order valence-corrected chi connectivity index (χ0v) is 16.1. The third kappa shape index (κ3) is 5.39. The van der Waals surface area contributed by atoms with Crippen molar-refractivity contribution in [1.29, 1.82) is 0 Å². The first-order chi connectivity index (χ1) is 13.5. The average Bonchev–Trinajstić information content (AvgIpc) is 2.69. The quantitative estimate of drug-likeness (QED) is 0.642. The number of nitrogens with zero attached hydrogens (tertiary/aromatic N) is 2. The van der Waals surface area contributed by atoms with E-state index in [1.54, 1.807) is 24.4 Å². The molecule has 0 aliphatic rings. The van der Waals surface area contributed by atoms with Gasteiger partial charge in [-0.2, -0.15) is 0 Å². The standard InChI is InChI=1S/C23H24FN3O/c1-17(2)27(16-19-6-4-3-5-7-19)21-12-13-22(25-15-21)26-23(28)14-18-8-10-20(24)11-9-18/h3-13,15,17H,14,16H2,1-2H3,(H,25,26,28). The molecule has 4 nitrogen and oxygen atoms in total. The van der Waals surface area contributed by atoms with Gasteiger partial charge in [-0.05, 0) is 49.2 Å². The van der Waals surface area contributed by atoms with Crippen molar-refractivity contribution in [3.8, 4) is 0 Å². The minimum atomic E-state index is -0.313. The fraction of sp³-hybridized carbons (Fsp3) is 0.217. The van der Waals surface area contributed by atoms with Gasteiger partial charge in [0.25, 0.3) is 0 Å². The molecule has 5 heteroatoms. The molecule has 0 radical (unpaired) electrons. The highest BCUT2D eigenvalue weighted by Crippen LogP contribution is 2.20. The first-order valence-electron chi connectivity index (χ1n) is 9.32. The predicted octanol–water partition coefficient (Wildman–Crippen LogP) is 4.82. The van der Waals surface area contributed by atoms with E-state index in [1.807, 2.05) is 24.3 Å². The number of carbonyl (C=O) groups is 1. The van der Waals surface area contributed by atoms with Gasteiger partial charge in [0, 0.05) is 12.6 Å². The summed E-state index contributed by atoms with van der Waals surface area (Å²) in [5, 5.41) is 2.79. The lowest BCUT2D eigenvalue weighted by molar-refractivity contribution is -0.115. The lowest BCUT2D eigenvalue weighted by Crippen LogP contribution is -2.30. The highest BCUT2D eigenvalue weighted by molar-refractivity contribution is 5.91. The van der Waals surface area contributed by atoms with Gasteiger partial charge in [0.1, 0.15) is 11.6 Å². The van der Waals surface area contributed by atoms with Crippen molar-refractivity contribution in [2.75, 3.05) is 10.2 Å². The van der Waals surface area contributed by atoms with E-state index in [0.717, 1.165) is 17.8 Å². The Balaban J connectivity index is 1.64. The molecule has 1 aromatic heterocycles. The summed E-state index contributed by atoms with van der Waals surface area (Å²) < 4.78 is 13.0. The van der Waals surface area contributed by atoms with Crippen LogP contribution in [0.1, 0.15) is 25.0 Å². The molecule has 0 unspecified atom stereocenters. The molecular formula is C23H24FN3O. The minimum absolute atomic E-state index is 0.176. The third-order valence-corrected chi connectivity index (χ3v) is 4.44. The molecule has 28 heavy (non-hydrogen) atoms. The number of aromatic nitrogens is 1. The SMILES string of the molecule is CC(C)N(Cc1ccccc1)c1ccc(NC(=O)Cc2ccc(F)cc2)nc1. The molecule has 0 atom stereocenters. The van der Waals surface area contributed by atoms with Gasteiger partial charge in [-0.15, -0.1) is 0 Å². The van der Waals surface area contributed by atoms with Crippen LogP contribution < -0.4 is 10.2 Å². The fourth-order valence-electron chi connectivity index (χ4n) is 2.96. The van der Waals surface area contributed by atoms with E-state index in [9.17, 15) is 9.18 Å². The molecule has 1 amide bonds. The van der Waals surface area contributed by atoms with Gasteiger partial charge < -0.3 is 10.2 Å². The Bertz CT molecular complexity index is 893. The zero-order chi connectivity index (χ0) is 19.9. The molecule has 0 saturated carbocycles. The summed E-state index contributed by atoms with van der Waals surface area (Å²) in [7, 11) is 0. The molecule has 0 fully saturated rings.